The molecular weight excluding hydrogens is 384 g/mol. The van der Waals surface area contributed by atoms with Crippen LogP contribution in [-0.2, 0) is 10.0 Å². The van der Waals surface area contributed by atoms with Crippen LogP contribution in [0.3, 0.4) is 0 Å². The molecule has 0 aromatic heterocycles. The molecule has 0 radical (unpaired) electrons. The van der Waals surface area contributed by atoms with Crippen LogP contribution in [0.25, 0.3) is 11.1 Å². The quantitative estimate of drug-likeness (QED) is 0.627. The highest BCUT2D eigenvalue weighted by Gasteiger charge is 2.37. The van der Waals surface area contributed by atoms with Crippen molar-refractivity contribution < 1.29 is 21.9 Å². The second kappa shape index (κ2) is 6.60. The first-order valence-electron chi connectivity index (χ1n) is 8.61. The average molecular weight is 401 g/mol. The number of nitrogens with zero attached hydrogens (tertiary/aromatic N) is 1. The summed E-state index contributed by atoms with van der Waals surface area (Å²) in [5.41, 5.74) is 1.95. The summed E-state index contributed by atoms with van der Waals surface area (Å²) in [5, 5.41) is 0. The molecule has 0 aliphatic carbocycles. The number of hydrogen-bond acceptors (Lipinski definition) is 3. The molecule has 0 saturated heterocycles. The van der Waals surface area contributed by atoms with Gasteiger partial charge in [0.15, 0.2) is 0 Å². The Labute approximate surface area is 162 Å². The number of anilines is 1. The van der Waals surface area contributed by atoms with Gasteiger partial charge in [0.1, 0.15) is 17.4 Å². The molecule has 28 heavy (non-hydrogen) atoms. The fourth-order valence-electron chi connectivity index (χ4n) is 3.59. The number of methoxy groups -OCH3 is 1. The van der Waals surface area contributed by atoms with Crippen molar-refractivity contribution in [1.29, 1.82) is 0 Å². The topological polar surface area (TPSA) is 46.6 Å². The smallest absolute Gasteiger partial charge is 0.265 e. The minimum absolute atomic E-state index is 0.00812. The Morgan fingerprint density at radius 3 is 2.32 bits per heavy atom. The predicted molar refractivity (Wildman–Crippen MR) is 103 cm³/mol. The molecule has 0 saturated carbocycles. The van der Waals surface area contributed by atoms with E-state index in [0.717, 1.165) is 4.31 Å². The van der Waals surface area contributed by atoms with Gasteiger partial charge in [-0.1, -0.05) is 12.1 Å². The summed E-state index contributed by atoms with van der Waals surface area (Å²) in [6.45, 7) is 1.66. The van der Waals surface area contributed by atoms with Crippen LogP contribution in [0, 0.1) is 11.6 Å². The van der Waals surface area contributed by atoms with Gasteiger partial charge in [0.05, 0.1) is 23.7 Å². The molecule has 144 valence electrons. The molecule has 4 rings (SSSR count). The molecule has 0 spiro atoms. The number of fused-ring (bicyclic) bond motifs is 3. The summed E-state index contributed by atoms with van der Waals surface area (Å²) >= 11 is 0. The number of sulfonamides is 1. The first-order valence-corrected chi connectivity index (χ1v) is 10.0. The van der Waals surface area contributed by atoms with E-state index in [1.807, 2.05) is 0 Å². The van der Waals surface area contributed by atoms with Crippen molar-refractivity contribution in [3.05, 3.63) is 77.9 Å². The van der Waals surface area contributed by atoms with Gasteiger partial charge in [-0.05, 0) is 60.5 Å². The Hall–Kier alpha value is -2.93. The minimum atomic E-state index is -4.07. The lowest BCUT2D eigenvalue weighted by Gasteiger charge is -2.37. The maximum Gasteiger partial charge on any atom is 0.265 e. The van der Waals surface area contributed by atoms with Crippen LogP contribution >= 0.6 is 0 Å². The molecule has 0 bridgehead atoms. The monoisotopic (exact) mass is 401 g/mol. The zero-order valence-corrected chi connectivity index (χ0v) is 16.0. The summed E-state index contributed by atoms with van der Waals surface area (Å²) in [4.78, 5) is 0.00812. The normalized spacial score (nSPS) is 15.7. The second-order valence-electron chi connectivity index (χ2n) is 6.55. The molecule has 1 heterocycles. The van der Waals surface area contributed by atoms with E-state index < -0.39 is 27.7 Å². The molecule has 1 unspecified atom stereocenters. The van der Waals surface area contributed by atoms with Crippen LogP contribution in [0.15, 0.2) is 65.6 Å². The zero-order valence-electron chi connectivity index (χ0n) is 15.2. The van der Waals surface area contributed by atoms with Gasteiger partial charge < -0.3 is 4.74 Å². The molecule has 7 heteroatoms. The summed E-state index contributed by atoms with van der Waals surface area (Å²) in [6.07, 6.45) is 0. The average Bonchev–Trinajstić information content (AvgIpc) is 2.68. The fraction of sp³-hybridized carbons (Fsp3) is 0.143. The van der Waals surface area contributed by atoms with Crippen molar-refractivity contribution in [3.8, 4) is 16.9 Å². The third-order valence-electron chi connectivity index (χ3n) is 4.90. The molecule has 4 nitrogen and oxygen atoms in total. The van der Waals surface area contributed by atoms with Crippen molar-refractivity contribution in [2.75, 3.05) is 11.4 Å². The molecule has 1 aliphatic rings. The van der Waals surface area contributed by atoms with Gasteiger partial charge in [0.25, 0.3) is 10.0 Å². The van der Waals surface area contributed by atoms with Crippen molar-refractivity contribution >= 4 is 15.7 Å². The van der Waals surface area contributed by atoms with Gasteiger partial charge >= 0.3 is 0 Å². The van der Waals surface area contributed by atoms with Crippen LogP contribution in [0.4, 0.5) is 14.5 Å². The van der Waals surface area contributed by atoms with E-state index in [2.05, 4.69) is 0 Å². The van der Waals surface area contributed by atoms with Gasteiger partial charge in [-0.15, -0.1) is 0 Å². The van der Waals surface area contributed by atoms with Gasteiger partial charge in [0, 0.05) is 11.6 Å². The summed E-state index contributed by atoms with van der Waals surface area (Å²) in [7, 11) is -2.62. The Balaban J connectivity index is 1.98. The standard InChI is InChI=1S/C21H17F2NO3S/c1-13-20-10-14(22)6-8-18(20)19-9-7-15(23)11-21(19)24(13)28(25,26)17-5-3-4-16(12-17)27-2/h3-13H,1-2H3. The molecule has 0 amide bonds. The van der Waals surface area contributed by atoms with Gasteiger partial charge in [-0.3, -0.25) is 4.31 Å². The number of benzene rings is 3. The maximum atomic E-state index is 14.0. The van der Waals surface area contributed by atoms with E-state index in [4.69, 9.17) is 4.74 Å². The molecule has 0 fully saturated rings. The lowest BCUT2D eigenvalue weighted by Crippen LogP contribution is -2.36. The van der Waals surface area contributed by atoms with Crippen LogP contribution in [0.2, 0.25) is 0 Å². The maximum absolute atomic E-state index is 14.0. The molecule has 1 aliphatic heterocycles. The lowest BCUT2D eigenvalue weighted by atomic mass is 9.90. The van der Waals surface area contributed by atoms with Gasteiger partial charge in [0.2, 0.25) is 0 Å². The van der Waals surface area contributed by atoms with Crippen molar-refractivity contribution in [2.45, 2.75) is 17.9 Å². The van der Waals surface area contributed by atoms with E-state index in [-0.39, 0.29) is 10.6 Å². The summed E-state index contributed by atoms with van der Waals surface area (Å²) in [6, 6.07) is 13.5. The van der Waals surface area contributed by atoms with Crippen LogP contribution in [0.1, 0.15) is 18.5 Å². The highest BCUT2D eigenvalue weighted by molar-refractivity contribution is 7.92. The van der Waals surface area contributed by atoms with Gasteiger partial charge in [-0.25, -0.2) is 17.2 Å². The molecule has 3 aromatic carbocycles. The SMILES string of the molecule is COc1cccc(S(=O)(=O)N2c3cc(F)ccc3-c3ccc(F)cc3C2C)c1. The largest absolute Gasteiger partial charge is 0.497 e. The van der Waals surface area contributed by atoms with Crippen LogP contribution < -0.4 is 9.04 Å². The first kappa shape index (κ1) is 18.4. The third-order valence-corrected chi connectivity index (χ3v) is 6.78. The molecule has 3 aromatic rings. The van der Waals surface area contributed by atoms with E-state index in [1.54, 1.807) is 25.1 Å². The minimum Gasteiger partial charge on any atom is -0.497 e. The second-order valence-corrected chi connectivity index (χ2v) is 8.36. The number of rotatable bonds is 3. The van der Waals surface area contributed by atoms with Gasteiger partial charge in [-0.2, -0.15) is 0 Å². The highest BCUT2D eigenvalue weighted by Crippen LogP contribution is 2.47. The Kier molecular flexibility index (Phi) is 4.34. The van der Waals surface area contributed by atoms with Crippen LogP contribution in [-0.4, -0.2) is 15.5 Å². The molecule has 1 atom stereocenters. The summed E-state index contributed by atoms with van der Waals surface area (Å²) < 4.78 is 61.2. The number of hydrogen-bond donors (Lipinski definition) is 0. The van der Waals surface area contributed by atoms with Crippen molar-refractivity contribution in [2.24, 2.45) is 0 Å². The zero-order chi connectivity index (χ0) is 20.1. The first-order chi connectivity index (χ1) is 13.3. The molecule has 0 N–H and O–H groups in total. The predicted octanol–water partition coefficient (Wildman–Crippen LogP) is 4.91. The van der Waals surface area contributed by atoms with Crippen LogP contribution in [0.5, 0.6) is 5.75 Å². The summed E-state index contributed by atoms with van der Waals surface area (Å²) in [5.74, 6) is -0.631. The fourth-order valence-corrected chi connectivity index (χ4v) is 5.27. The van der Waals surface area contributed by atoms with Crippen molar-refractivity contribution in [3.63, 3.8) is 0 Å². The number of ether oxygens (including phenoxy) is 1. The van der Waals surface area contributed by atoms with E-state index in [0.29, 0.717) is 22.4 Å². The highest BCUT2D eigenvalue weighted by atomic mass is 32.2. The number of halogens is 2. The Morgan fingerprint density at radius 2 is 1.61 bits per heavy atom. The van der Waals surface area contributed by atoms with E-state index in [9.17, 15) is 17.2 Å². The Bertz CT molecular complexity index is 1180. The molecular formula is C21H17F2NO3S. The lowest BCUT2D eigenvalue weighted by molar-refractivity contribution is 0.413. The van der Waals surface area contributed by atoms with E-state index in [1.165, 1.54) is 49.6 Å². The van der Waals surface area contributed by atoms with Crippen molar-refractivity contribution in [1.82, 2.24) is 0 Å². The third kappa shape index (κ3) is 2.82. The Morgan fingerprint density at radius 1 is 0.929 bits per heavy atom. The van der Waals surface area contributed by atoms with E-state index >= 15 is 0 Å².